The Hall–Kier alpha value is -0.630. The molecule has 0 aliphatic heterocycles. The minimum Gasteiger partial charge on any atom is -0.299 e. The Labute approximate surface area is 86.7 Å². The van der Waals surface area contributed by atoms with Crippen LogP contribution in [0.25, 0.3) is 0 Å². The summed E-state index contributed by atoms with van der Waals surface area (Å²) in [4.78, 5) is 2.09. The first-order valence-corrected chi connectivity index (χ1v) is 5.01. The van der Waals surface area contributed by atoms with Gasteiger partial charge in [0.1, 0.15) is 5.01 Å². The number of terminal acetylenes is 1. The zero-order valence-electron chi connectivity index (χ0n) is 7.33. The number of hydrogen-bond donors (Lipinski definition) is 0. The van der Waals surface area contributed by atoms with Gasteiger partial charge in [-0.25, -0.2) is 0 Å². The monoisotopic (exact) mass is 215 g/mol. The molecule has 0 atom stereocenters. The van der Waals surface area contributed by atoms with Gasteiger partial charge in [0.2, 0.25) is 4.47 Å². The quantitative estimate of drug-likeness (QED) is 0.716. The van der Waals surface area contributed by atoms with Crippen LogP contribution < -0.4 is 0 Å². The number of hydrogen-bond acceptors (Lipinski definition) is 4. The van der Waals surface area contributed by atoms with Crippen molar-refractivity contribution in [1.29, 1.82) is 0 Å². The second kappa shape index (κ2) is 5.18. The lowest BCUT2D eigenvalue weighted by Gasteiger charge is -2.11. The van der Waals surface area contributed by atoms with Crippen LogP contribution in [0.1, 0.15) is 11.4 Å². The molecule has 0 spiro atoms. The summed E-state index contributed by atoms with van der Waals surface area (Å²) in [6.45, 7) is 1.62. The Kier molecular flexibility index (Phi) is 4.16. The molecule has 0 bridgehead atoms. The van der Waals surface area contributed by atoms with Crippen LogP contribution in [-0.2, 0) is 6.54 Å². The minimum atomic E-state index is 0.486. The second-order valence-electron chi connectivity index (χ2n) is 2.64. The minimum absolute atomic E-state index is 0.486. The van der Waals surface area contributed by atoms with Gasteiger partial charge >= 0.3 is 0 Å². The summed E-state index contributed by atoms with van der Waals surface area (Å²) in [6, 6.07) is 0. The zero-order chi connectivity index (χ0) is 9.68. The molecule has 0 amide bonds. The molecule has 13 heavy (non-hydrogen) atoms. The van der Waals surface area contributed by atoms with E-state index in [1.807, 2.05) is 7.05 Å². The second-order valence-corrected chi connectivity index (χ2v) is 4.28. The highest BCUT2D eigenvalue weighted by Gasteiger charge is 2.04. The van der Waals surface area contributed by atoms with Crippen LogP contribution in [0.15, 0.2) is 0 Å². The third kappa shape index (κ3) is 3.73. The summed E-state index contributed by atoms with van der Waals surface area (Å²) in [5.41, 5.74) is 0. The lowest BCUT2D eigenvalue weighted by molar-refractivity contribution is 0.334. The molecule has 70 valence electrons. The van der Waals surface area contributed by atoms with Crippen molar-refractivity contribution < 1.29 is 0 Å². The van der Waals surface area contributed by atoms with Crippen LogP contribution >= 0.6 is 22.9 Å². The van der Waals surface area contributed by atoms with Crippen LogP contribution in [0.4, 0.5) is 0 Å². The fourth-order valence-corrected chi connectivity index (χ4v) is 1.81. The molecule has 3 nitrogen and oxygen atoms in total. The summed E-state index contributed by atoms with van der Waals surface area (Å²) in [5, 5.41) is 8.54. The van der Waals surface area contributed by atoms with Gasteiger partial charge in [-0.1, -0.05) is 11.3 Å². The zero-order valence-corrected chi connectivity index (χ0v) is 8.90. The van der Waals surface area contributed by atoms with Gasteiger partial charge in [-0.15, -0.1) is 22.5 Å². The first-order chi connectivity index (χ1) is 6.22. The average molecular weight is 216 g/mol. The van der Waals surface area contributed by atoms with E-state index in [1.54, 1.807) is 0 Å². The Balaban J connectivity index is 2.37. The summed E-state index contributed by atoms with van der Waals surface area (Å²) in [6.07, 6.45) is 5.90. The van der Waals surface area contributed by atoms with Crippen molar-refractivity contribution in [3.63, 3.8) is 0 Å². The van der Waals surface area contributed by atoms with Crippen LogP contribution in [0, 0.1) is 12.3 Å². The SMILES string of the molecule is C#CCCN(C)Cc1nnc(Cl)s1. The van der Waals surface area contributed by atoms with E-state index >= 15 is 0 Å². The van der Waals surface area contributed by atoms with Crippen molar-refractivity contribution in [3.8, 4) is 12.3 Å². The van der Waals surface area contributed by atoms with Crippen molar-refractivity contribution in [1.82, 2.24) is 15.1 Å². The standard InChI is InChI=1S/C8H10ClN3S/c1-3-4-5-12(2)6-7-10-11-8(9)13-7/h1H,4-6H2,2H3. The van der Waals surface area contributed by atoms with E-state index in [0.717, 1.165) is 24.5 Å². The number of nitrogens with zero attached hydrogens (tertiary/aromatic N) is 3. The molecule has 1 heterocycles. The lowest BCUT2D eigenvalue weighted by Crippen LogP contribution is -2.18. The lowest BCUT2D eigenvalue weighted by atomic mass is 10.4. The highest BCUT2D eigenvalue weighted by atomic mass is 35.5. The largest absolute Gasteiger partial charge is 0.299 e. The third-order valence-electron chi connectivity index (χ3n) is 1.49. The highest BCUT2D eigenvalue weighted by Crippen LogP contribution is 2.15. The normalized spacial score (nSPS) is 10.3. The van der Waals surface area contributed by atoms with E-state index in [9.17, 15) is 0 Å². The predicted molar refractivity (Wildman–Crippen MR) is 54.7 cm³/mol. The molecular formula is C8H10ClN3S. The Morgan fingerprint density at radius 1 is 1.62 bits per heavy atom. The van der Waals surface area contributed by atoms with Crippen molar-refractivity contribution in [3.05, 3.63) is 9.47 Å². The first-order valence-electron chi connectivity index (χ1n) is 3.82. The molecule has 1 aromatic heterocycles. The first kappa shape index (κ1) is 10.5. The van der Waals surface area contributed by atoms with E-state index < -0.39 is 0 Å². The van der Waals surface area contributed by atoms with E-state index in [0.29, 0.717) is 4.47 Å². The van der Waals surface area contributed by atoms with Gasteiger partial charge in [-0.2, -0.15) is 0 Å². The Bertz CT molecular complexity index is 305. The molecule has 0 fully saturated rings. The van der Waals surface area contributed by atoms with Crippen molar-refractivity contribution in [2.45, 2.75) is 13.0 Å². The van der Waals surface area contributed by atoms with Crippen molar-refractivity contribution in [2.75, 3.05) is 13.6 Å². The third-order valence-corrected chi connectivity index (χ3v) is 2.49. The molecular weight excluding hydrogens is 206 g/mol. The Morgan fingerprint density at radius 2 is 2.38 bits per heavy atom. The Morgan fingerprint density at radius 3 is 2.92 bits per heavy atom. The predicted octanol–water partition coefficient (Wildman–Crippen LogP) is 1.65. The molecule has 0 unspecified atom stereocenters. The maximum atomic E-state index is 5.64. The summed E-state index contributed by atoms with van der Waals surface area (Å²) < 4.78 is 0.486. The highest BCUT2D eigenvalue weighted by molar-refractivity contribution is 7.15. The van der Waals surface area contributed by atoms with Crippen LogP contribution in [0.5, 0.6) is 0 Å². The summed E-state index contributed by atoms with van der Waals surface area (Å²) in [5.74, 6) is 2.59. The van der Waals surface area contributed by atoms with Gasteiger partial charge in [-0.05, 0) is 18.6 Å². The van der Waals surface area contributed by atoms with Gasteiger partial charge in [0.05, 0.1) is 6.54 Å². The molecule has 0 saturated carbocycles. The molecule has 1 rings (SSSR count). The van der Waals surface area contributed by atoms with Gasteiger partial charge in [0, 0.05) is 13.0 Å². The molecule has 5 heteroatoms. The maximum Gasteiger partial charge on any atom is 0.207 e. The molecule has 0 aliphatic carbocycles. The van der Waals surface area contributed by atoms with E-state index in [2.05, 4.69) is 21.0 Å². The summed E-state index contributed by atoms with van der Waals surface area (Å²) in [7, 11) is 1.99. The van der Waals surface area contributed by atoms with Gasteiger partial charge in [0.15, 0.2) is 0 Å². The van der Waals surface area contributed by atoms with Gasteiger partial charge in [-0.3, -0.25) is 4.90 Å². The molecule has 0 N–H and O–H groups in total. The van der Waals surface area contributed by atoms with E-state index in [1.165, 1.54) is 11.3 Å². The smallest absolute Gasteiger partial charge is 0.207 e. The van der Waals surface area contributed by atoms with Crippen molar-refractivity contribution in [2.24, 2.45) is 0 Å². The van der Waals surface area contributed by atoms with Crippen LogP contribution in [0.2, 0.25) is 4.47 Å². The van der Waals surface area contributed by atoms with Crippen LogP contribution in [-0.4, -0.2) is 28.7 Å². The average Bonchev–Trinajstić information content (AvgIpc) is 2.48. The van der Waals surface area contributed by atoms with E-state index in [-0.39, 0.29) is 0 Å². The molecule has 0 saturated heterocycles. The van der Waals surface area contributed by atoms with Gasteiger partial charge in [0.25, 0.3) is 0 Å². The number of halogens is 1. The molecule has 0 aromatic carbocycles. The summed E-state index contributed by atoms with van der Waals surface area (Å²) >= 11 is 7.04. The molecule has 0 aliphatic rings. The maximum absolute atomic E-state index is 5.64. The van der Waals surface area contributed by atoms with Crippen molar-refractivity contribution >= 4 is 22.9 Å². The number of rotatable bonds is 4. The van der Waals surface area contributed by atoms with E-state index in [4.69, 9.17) is 18.0 Å². The number of aromatic nitrogens is 2. The van der Waals surface area contributed by atoms with Crippen LogP contribution in [0.3, 0.4) is 0 Å². The topological polar surface area (TPSA) is 29.0 Å². The molecule has 0 radical (unpaired) electrons. The fraction of sp³-hybridized carbons (Fsp3) is 0.500. The molecule has 1 aromatic rings. The van der Waals surface area contributed by atoms with Gasteiger partial charge < -0.3 is 0 Å². The fourth-order valence-electron chi connectivity index (χ4n) is 0.862.